The Balaban J connectivity index is 1.29. The van der Waals surface area contributed by atoms with Crippen LogP contribution in [0.5, 0.6) is 23.0 Å². The van der Waals surface area contributed by atoms with Gasteiger partial charge in [-0.25, -0.2) is 0 Å². The normalized spacial score (nSPS) is 10.6. The van der Waals surface area contributed by atoms with E-state index in [1.165, 1.54) is 0 Å². The van der Waals surface area contributed by atoms with E-state index in [0.717, 1.165) is 28.2 Å². The van der Waals surface area contributed by atoms with Crippen LogP contribution in [0.1, 0.15) is 46.9 Å². The number of amides is 1. The number of carbonyl (C=O) groups excluding carboxylic acids is 1. The highest BCUT2D eigenvalue weighted by atomic mass is 16.5. The molecule has 4 aromatic rings. The Morgan fingerprint density at radius 3 is 2.11 bits per heavy atom. The number of furan rings is 1. The predicted molar refractivity (Wildman–Crippen MR) is 146 cm³/mol. The van der Waals surface area contributed by atoms with E-state index in [2.05, 4.69) is 11.4 Å². The highest BCUT2D eigenvalue weighted by molar-refractivity contribution is 6.02. The zero-order valence-electron chi connectivity index (χ0n) is 22.2. The lowest BCUT2D eigenvalue weighted by Gasteiger charge is -2.13. The topological polar surface area (TPSA) is 79.2 Å². The summed E-state index contributed by atoms with van der Waals surface area (Å²) >= 11 is 0. The highest BCUT2D eigenvalue weighted by Crippen LogP contribution is 2.29. The van der Waals surface area contributed by atoms with Gasteiger partial charge < -0.3 is 28.7 Å². The second-order valence-corrected chi connectivity index (χ2v) is 8.79. The molecule has 3 aromatic carbocycles. The van der Waals surface area contributed by atoms with Crippen LogP contribution in [-0.2, 0) is 13.2 Å². The molecule has 0 saturated heterocycles. The number of anilines is 1. The third kappa shape index (κ3) is 7.32. The molecule has 1 N–H and O–H groups in total. The maximum absolute atomic E-state index is 12.6. The first kappa shape index (κ1) is 26.7. The molecule has 4 rings (SSSR count). The fourth-order valence-corrected chi connectivity index (χ4v) is 3.93. The van der Waals surface area contributed by atoms with E-state index in [1.807, 2.05) is 58.0 Å². The van der Waals surface area contributed by atoms with Crippen molar-refractivity contribution in [3.05, 3.63) is 101 Å². The quantitative estimate of drug-likeness (QED) is 0.217. The zero-order valence-corrected chi connectivity index (χ0v) is 22.2. The minimum absolute atomic E-state index is 0.213. The Hall–Kier alpha value is -4.39. The average Bonchev–Trinajstić information content (AvgIpc) is 3.38. The van der Waals surface area contributed by atoms with Crippen molar-refractivity contribution >= 4 is 11.6 Å². The van der Waals surface area contributed by atoms with Crippen molar-refractivity contribution in [2.75, 3.05) is 18.5 Å². The zero-order chi connectivity index (χ0) is 26.9. The van der Waals surface area contributed by atoms with Gasteiger partial charge in [0.2, 0.25) is 0 Å². The molecular formula is C31H33NO6. The van der Waals surface area contributed by atoms with Crippen LogP contribution in [0.2, 0.25) is 0 Å². The summed E-state index contributed by atoms with van der Waals surface area (Å²) in [5, 5.41) is 2.84. The molecule has 0 bridgehead atoms. The molecular weight excluding hydrogens is 482 g/mol. The maximum Gasteiger partial charge on any atom is 0.291 e. The summed E-state index contributed by atoms with van der Waals surface area (Å²) in [6.45, 7) is 9.66. The molecule has 0 spiro atoms. The monoisotopic (exact) mass is 515 g/mol. The van der Waals surface area contributed by atoms with Gasteiger partial charge in [0.1, 0.15) is 30.5 Å². The second kappa shape index (κ2) is 12.7. The average molecular weight is 516 g/mol. The number of carbonyl (C=O) groups is 1. The third-order valence-electron chi connectivity index (χ3n) is 5.59. The molecule has 1 aromatic heterocycles. The van der Waals surface area contributed by atoms with E-state index in [-0.39, 0.29) is 18.3 Å². The molecule has 0 aliphatic carbocycles. The van der Waals surface area contributed by atoms with E-state index in [9.17, 15) is 4.79 Å². The van der Waals surface area contributed by atoms with Gasteiger partial charge in [0, 0.05) is 5.69 Å². The Labute approximate surface area is 223 Å². The van der Waals surface area contributed by atoms with Crippen LogP contribution in [-0.4, -0.2) is 19.1 Å². The molecule has 0 aliphatic rings. The second-order valence-electron chi connectivity index (χ2n) is 8.79. The molecule has 198 valence electrons. The van der Waals surface area contributed by atoms with Crippen LogP contribution >= 0.6 is 0 Å². The van der Waals surface area contributed by atoms with Crippen LogP contribution in [0.3, 0.4) is 0 Å². The van der Waals surface area contributed by atoms with E-state index in [0.29, 0.717) is 42.8 Å². The number of ether oxygens (including phenoxy) is 4. The van der Waals surface area contributed by atoms with Gasteiger partial charge >= 0.3 is 0 Å². The van der Waals surface area contributed by atoms with Crippen molar-refractivity contribution in [2.24, 2.45) is 0 Å². The lowest BCUT2D eigenvalue weighted by atomic mass is 10.1. The predicted octanol–water partition coefficient (Wildman–Crippen LogP) is 7.10. The van der Waals surface area contributed by atoms with Crippen LogP contribution in [0, 0.1) is 13.8 Å². The first-order valence-electron chi connectivity index (χ1n) is 12.7. The van der Waals surface area contributed by atoms with Crippen molar-refractivity contribution in [1.29, 1.82) is 0 Å². The largest absolute Gasteiger partial charge is 0.490 e. The number of hydrogen-bond acceptors (Lipinski definition) is 6. The van der Waals surface area contributed by atoms with Gasteiger partial charge in [-0.05, 0) is 105 Å². The molecule has 0 atom stereocenters. The molecule has 0 unspecified atom stereocenters. The summed E-state index contributed by atoms with van der Waals surface area (Å²) in [5.41, 5.74) is 3.85. The highest BCUT2D eigenvalue weighted by Gasteiger charge is 2.13. The van der Waals surface area contributed by atoms with Gasteiger partial charge in [0.25, 0.3) is 5.91 Å². The minimum atomic E-state index is -0.339. The van der Waals surface area contributed by atoms with E-state index in [4.69, 9.17) is 23.4 Å². The van der Waals surface area contributed by atoms with Gasteiger partial charge in [0.15, 0.2) is 17.3 Å². The van der Waals surface area contributed by atoms with Gasteiger partial charge in [-0.2, -0.15) is 0 Å². The fourth-order valence-electron chi connectivity index (χ4n) is 3.93. The number of hydrogen-bond donors (Lipinski definition) is 1. The summed E-state index contributed by atoms with van der Waals surface area (Å²) in [5.74, 6) is 3.31. The summed E-state index contributed by atoms with van der Waals surface area (Å²) in [6, 6.07) is 22.3. The first-order valence-corrected chi connectivity index (χ1v) is 12.7. The van der Waals surface area contributed by atoms with Gasteiger partial charge in [-0.3, -0.25) is 4.79 Å². The summed E-state index contributed by atoms with van der Waals surface area (Å²) in [4.78, 5) is 12.6. The van der Waals surface area contributed by atoms with E-state index < -0.39 is 0 Å². The van der Waals surface area contributed by atoms with Crippen molar-refractivity contribution in [1.82, 2.24) is 0 Å². The van der Waals surface area contributed by atoms with Crippen molar-refractivity contribution < 1.29 is 28.2 Å². The Morgan fingerprint density at radius 1 is 0.711 bits per heavy atom. The SMILES string of the molecule is CCOc1ccc(COc2ccc(NC(=O)c3ccc(COc4cc(C)cc(C)c4)o3)cc2)cc1OCC. The Kier molecular flexibility index (Phi) is 8.93. The first-order chi connectivity index (χ1) is 18.4. The smallest absolute Gasteiger partial charge is 0.291 e. The third-order valence-corrected chi connectivity index (χ3v) is 5.59. The van der Waals surface area contributed by atoms with Gasteiger partial charge in [-0.15, -0.1) is 0 Å². The van der Waals surface area contributed by atoms with E-state index >= 15 is 0 Å². The maximum atomic E-state index is 12.6. The number of nitrogens with one attached hydrogen (secondary N) is 1. The molecule has 0 saturated carbocycles. The van der Waals surface area contributed by atoms with Crippen molar-refractivity contribution in [3.8, 4) is 23.0 Å². The van der Waals surface area contributed by atoms with Crippen LogP contribution in [0.15, 0.2) is 77.2 Å². The lowest BCUT2D eigenvalue weighted by molar-refractivity contribution is 0.0992. The molecule has 1 heterocycles. The molecule has 0 aliphatic heterocycles. The molecule has 1 amide bonds. The number of benzene rings is 3. The van der Waals surface area contributed by atoms with Gasteiger partial charge in [0.05, 0.1) is 13.2 Å². The summed E-state index contributed by atoms with van der Waals surface area (Å²) in [7, 11) is 0. The van der Waals surface area contributed by atoms with E-state index in [1.54, 1.807) is 36.4 Å². The lowest BCUT2D eigenvalue weighted by Crippen LogP contribution is -2.10. The van der Waals surface area contributed by atoms with Gasteiger partial charge in [-0.1, -0.05) is 12.1 Å². The Bertz CT molecular complexity index is 1340. The van der Waals surface area contributed by atoms with Crippen molar-refractivity contribution in [3.63, 3.8) is 0 Å². The number of rotatable bonds is 12. The molecule has 7 heteroatoms. The summed E-state index contributed by atoms with van der Waals surface area (Å²) < 4.78 is 28.7. The molecule has 0 radical (unpaired) electrons. The number of aryl methyl sites for hydroxylation is 2. The van der Waals surface area contributed by atoms with Crippen LogP contribution in [0.25, 0.3) is 0 Å². The molecule has 7 nitrogen and oxygen atoms in total. The summed E-state index contributed by atoms with van der Waals surface area (Å²) in [6.07, 6.45) is 0. The molecule has 38 heavy (non-hydrogen) atoms. The fraction of sp³-hybridized carbons (Fsp3) is 0.258. The molecule has 0 fully saturated rings. The van der Waals surface area contributed by atoms with Crippen LogP contribution in [0.4, 0.5) is 5.69 Å². The Morgan fingerprint density at radius 2 is 1.39 bits per heavy atom. The van der Waals surface area contributed by atoms with Crippen molar-refractivity contribution in [2.45, 2.75) is 40.9 Å². The standard InChI is InChI=1S/C31H33NO6/c1-5-34-28-13-7-23(18-30(28)35-6-2)19-36-25-10-8-24(9-11-25)32-31(33)29-14-12-26(38-29)20-37-27-16-21(3)15-22(4)17-27/h7-18H,5-6,19-20H2,1-4H3,(H,32,33). The van der Waals surface area contributed by atoms with Crippen LogP contribution < -0.4 is 24.3 Å². The minimum Gasteiger partial charge on any atom is -0.490 e.